The Morgan fingerprint density at radius 3 is 3.14 bits per heavy atom. The molecule has 0 saturated heterocycles. The summed E-state index contributed by atoms with van der Waals surface area (Å²) in [4.78, 5) is 15.9. The second-order valence-electron chi connectivity index (χ2n) is 2.99. The molecule has 2 heterocycles. The quantitative estimate of drug-likeness (QED) is 0.660. The molecule has 0 radical (unpaired) electrons. The molecule has 0 spiro atoms. The van der Waals surface area contributed by atoms with Crippen molar-refractivity contribution in [2.24, 2.45) is 0 Å². The molecule has 70 valence electrons. The summed E-state index contributed by atoms with van der Waals surface area (Å²) in [5.41, 5.74) is 1.72. The summed E-state index contributed by atoms with van der Waals surface area (Å²) in [5.74, 6) is 0. The maximum absolute atomic E-state index is 10.8. The molecule has 0 unspecified atom stereocenters. The number of carbonyl (C=O) groups is 1. The molecule has 14 heavy (non-hydrogen) atoms. The van der Waals surface area contributed by atoms with Crippen LogP contribution in [0.1, 0.15) is 11.3 Å². The summed E-state index contributed by atoms with van der Waals surface area (Å²) >= 11 is 0. The molecule has 0 aliphatic carbocycles. The van der Waals surface area contributed by atoms with E-state index in [0.29, 0.717) is 18.7 Å². The van der Waals surface area contributed by atoms with Gasteiger partial charge in [0.15, 0.2) is 0 Å². The van der Waals surface area contributed by atoms with Gasteiger partial charge in [-0.1, -0.05) is 0 Å². The lowest BCUT2D eigenvalue weighted by Crippen LogP contribution is -2.26. The van der Waals surface area contributed by atoms with Crippen molar-refractivity contribution in [3.8, 4) is 6.07 Å². The monoisotopic (exact) mass is 189 g/mol. The van der Waals surface area contributed by atoms with Gasteiger partial charge in [-0.15, -0.1) is 0 Å². The van der Waals surface area contributed by atoms with Gasteiger partial charge in [-0.2, -0.15) is 5.26 Å². The molecular weight excluding hydrogens is 182 g/mol. The molecule has 1 aliphatic rings. The first-order chi connectivity index (χ1) is 6.72. The SMILES string of the molecule is N#Cc1cc2c(cn1)CCN2C(=O)O. The normalized spacial score (nSPS) is 13.5. The Morgan fingerprint density at radius 2 is 2.50 bits per heavy atom. The van der Waals surface area contributed by atoms with E-state index in [-0.39, 0.29) is 5.69 Å². The van der Waals surface area contributed by atoms with E-state index in [1.165, 1.54) is 11.0 Å². The van der Waals surface area contributed by atoms with Gasteiger partial charge in [0.05, 0.1) is 5.69 Å². The smallest absolute Gasteiger partial charge is 0.411 e. The maximum Gasteiger partial charge on any atom is 0.411 e. The van der Waals surface area contributed by atoms with Gasteiger partial charge in [0.2, 0.25) is 0 Å². The fourth-order valence-corrected chi connectivity index (χ4v) is 1.53. The van der Waals surface area contributed by atoms with Crippen molar-refractivity contribution < 1.29 is 9.90 Å². The number of nitrogens with zero attached hydrogens (tertiary/aromatic N) is 3. The number of rotatable bonds is 0. The van der Waals surface area contributed by atoms with Crippen molar-refractivity contribution in [3.05, 3.63) is 23.5 Å². The molecule has 1 aliphatic heterocycles. The molecule has 1 N–H and O–H groups in total. The second kappa shape index (κ2) is 3.00. The maximum atomic E-state index is 10.8. The molecule has 0 saturated carbocycles. The highest BCUT2D eigenvalue weighted by molar-refractivity contribution is 5.88. The van der Waals surface area contributed by atoms with Crippen LogP contribution in [0, 0.1) is 11.3 Å². The standard InChI is InChI=1S/C9H7N3O2/c10-4-7-3-8-6(5-11-7)1-2-12(8)9(13)14/h3,5H,1-2H2,(H,13,14). The number of fused-ring (bicyclic) bond motifs is 1. The highest BCUT2D eigenvalue weighted by atomic mass is 16.4. The van der Waals surface area contributed by atoms with Crippen LogP contribution in [0.4, 0.5) is 10.5 Å². The van der Waals surface area contributed by atoms with Crippen LogP contribution in [0.25, 0.3) is 0 Å². The number of carboxylic acid groups (broad SMARTS) is 1. The van der Waals surface area contributed by atoms with Gasteiger partial charge >= 0.3 is 6.09 Å². The highest BCUT2D eigenvalue weighted by Gasteiger charge is 2.24. The first kappa shape index (κ1) is 8.51. The zero-order valence-electron chi connectivity index (χ0n) is 7.27. The molecule has 0 fully saturated rings. The van der Waals surface area contributed by atoms with E-state index < -0.39 is 6.09 Å². The molecule has 1 amide bonds. The Labute approximate surface area is 80.2 Å². The third kappa shape index (κ3) is 1.17. The van der Waals surface area contributed by atoms with Gasteiger partial charge in [-0.3, -0.25) is 4.90 Å². The van der Waals surface area contributed by atoms with Gasteiger partial charge in [0.1, 0.15) is 11.8 Å². The fraction of sp³-hybridized carbons (Fsp3) is 0.222. The Bertz CT molecular complexity index is 436. The summed E-state index contributed by atoms with van der Waals surface area (Å²) < 4.78 is 0. The van der Waals surface area contributed by atoms with E-state index >= 15 is 0 Å². The minimum absolute atomic E-state index is 0.247. The van der Waals surface area contributed by atoms with E-state index in [1.54, 1.807) is 6.20 Å². The van der Waals surface area contributed by atoms with Crippen LogP contribution in [-0.4, -0.2) is 22.7 Å². The first-order valence-electron chi connectivity index (χ1n) is 4.12. The Hall–Kier alpha value is -2.09. The summed E-state index contributed by atoms with van der Waals surface area (Å²) in [6, 6.07) is 3.40. The predicted molar refractivity (Wildman–Crippen MR) is 48.0 cm³/mol. The minimum Gasteiger partial charge on any atom is -0.465 e. The Kier molecular flexibility index (Phi) is 1.82. The highest BCUT2D eigenvalue weighted by Crippen LogP contribution is 2.27. The van der Waals surface area contributed by atoms with Crippen LogP contribution in [0.3, 0.4) is 0 Å². The number of amides is 1. The molecule has 5 nitrogen and oxygen atoms in total. The molecule has 0 aromatic carbocycles. The van der Waals surface area contributed by atoms with Crippen LogP contribution < -0.4 is 4.90 Å². The van der Waals surface area contributed by atoms with Crippen LogP contribution >= 0.6 is 0 Å². The molecule has 5 heteroatoms. The van der Waals surface area contributed by atoms with E-state index in [1.807, 2.05) is 6.07 Å². The second-order valence-corrected chi connectivity index (χ2v) is 2.99. The summed E-state index contributed by atoms with van der Waals surface area (Å²) in [6.45, 7) is 0.446. The molecule has 0 bridgehead atoms. The van der Waals surface area contributed by atoms with Gasteiger partial charge in [-0.05, 0) is 18.1 Å². The summed E-state index contributed by atoms with van der Waals surface area (Å²) in [6.07, 6.45) is 1.25. The number of hydrogen-bond donors (Lipinski definition) is 1. The molecule has 1 aromatic heterocycles. The van der Waals surface area contributed by atoms with E-state index in [9.17, 15) is 4.79 Å². The van der Waals surface area contributed by atoms with Gasteiger partial charge in [-0.25, -0.2) is 9.78 Å². The molecular formula is C9H7N3O2. The lowest BCUT2D eigenvalue weighted by Gasteiger charge is -2.11. The van der Waals surface area contributed by atoms with Crippen LogP contribution in [0.5, 0.6) is 0 Å². The van der Waals surface area contributed by atoms with Crippen molar-refractivity contribution in [2.45, 2.75) is 6.42 Å². The lowest BCUT2D eigenvalue weighted by atomic mass is 10.2. The topological polar surface area (TPSA) is 77.2 Å². The average molecular weight is 189 g/mol. The molecule has 1 aromatic rings. The van der Waals surface area contributed by atoms with Crippen molar-refractivity contribution >= 4 is 11.8 Å². The fourth-order valence-electron chi connectivity index (χ4n) is 1.53. The third-order valence-electron chi connectivity index (χ3n) is 2.20. The van der Waals surface area contributed by atoms with Gasteiger partial charge < -0.3 is 5.11 Å². The van der Waals surface area contributed by atoms with Crippen LogP contribution in [-0.2, 0) is 6.42 Å². The Balaban J connectivity index is 2.48. The van der Waals surface area contributed by atoms with Crippen LogP contribution in [0.15, 0.2) is 12.3 Å². The van der Waals surface area contributed by atoms with Gasteiger partial charge in [0.25, 0.3) is 0 Å². The summed E-state index contributed by atoms with van der Waals surface area (Å²) in [7, 11) is 0. The first-order valence-corrected chi connectivity index (χ1v) is 4.12. The molecule has 0 atom stereocenters. The van der Waals surface area contributed by atoms with E-state index in [4.69, 9.17) is 10.4 Å². The van der Waals surface area contributed by atoms with E-state index in [2.05, 4.69) is 4.98 Å². The molecule has 2 rings (SSSR count). The van der Waals surface area contributed by atoms with Crippen molar-refractivity contribution in [3.63, 3.8) is 0 Å². The third-order valence-corrected chi connectivity index (χ3v) is 2.20. The Morgan fingerprint density at radius 1 is 1.71 bits per heavy atom. The number of nitriles is 1. The van der Waals surface area contributed by atoms with Crippen molar-refractivity contribution in [2.75, 3.05) is 11.4 Å². The number of hydrogen-bond acceptors (Lipinski definition) is 3. The largest absolute Gasteiger partial charge is 0.465 e. The predicted octanol–water partition coefficient (Wildman–Crippen LogP) is 0.994. The van der Waals surface area contributed by atoms with Crippen LogP contribution in [0.2, 0.25) is 0 Å². The van der Waals surface area contributed by atoms with Crippen molar-refractivity contribution in [1.29, 1.82) is 5.26 Å². The van der Waals surface area contributed by atoms with Crippen molar-refractivity contribution in [1.82, 2.24) is 4.98 Å². The van der Waals surface area contributed by atoms with E-state index in [0.717, 1.165) is 5.56 Å². The number of pyridine rings is 1. The van der Waals surface area contributed by atoms with Gasteiger partial charge in [0, 0.05) is 12.7 Å². The number of anilines is 1. The summed E-state index contributed by atoms with van der Waals surface area (Å²) in [5, 5.41) is 17.5. The zero-order chi connectivity index (χ0) is 10.1. The minimum atomic E-state index is -0.987. The number of aromatic nitrogens is 1. The lowest BCUT2D eigenvalue weighted by molar-refractivity contribution is 0.202. The average Bonchev–Trinajstić information content (AvgIpc) is 2.59. The zero-order valence-corrected chi connectivity index (χ0v) is 7.27.